The fraction of sp³-hybridized carbons (Fsp3) is 0.912. The first-order valence-electron chi connectivity index (χ1n) is 17.1. The lowest BCUT2D eigenvalue weighted by molar-refractivity contribution is -0.132. The normalized spacial score (nSPS) is 14.8. The van der Waals surface area contributed by atoms with Gasteiger partial charge in [-0.1, -0.05) is 142 Å². The van der Waals surface area contributed by atoms with Crippen LogP contribution in [0.2, 0.25) is 0 Å². The van der Waals surface area contributed by atoms with Gasteiger partial charge in [0.05, 0.1) is 18.8 Å². The van der Waals surface area contributed by atoms with Crippen LogP contribution in [0.25, 0.3) is 0 Å². The van der Waals surface area contributed by atoms with E-state index < -0.39 is 36.9 Å². The minimum Gasteiger partial charge on any atom is -0.394 e. The minimum absolute atomic E-state index is 0.366. The van der Waals surface area contributed by atoms with E-state index in [-0.39, 0.29) is 0 Å². The maximum atomic E-state index is 12.4. The van der Waals surface area contributed by atoms with Gasteiger partial charge in [0.15, 0.2) is 0 Å². The summed E-state index contributed by atoms with van der Waals surface area (Å²) in [5.74, 6) is -0.597. The zero-order valence-corrected chi connectivity index (χ0v) is 26.3. The molecule has 5 N–H and O–H groups in total. The summed E-state index contributed by atoms with van der Waals surface area (Å²) in [6.07, 6.45) is 28.0. The van der Waals surface area contributed by atoms with Crippen LogP contribution in [0.3, 0.4) is 0 Å². The van der Waals surface area contributed by atoms with E-state index in [9.17, 15) is 25.2 Å². The topological polar surface area (TPSA) is 110 Å². The minimum atomic E-state index is -1.27. The van der Waals surface area contributed by atoms with E-state index in [0.29, 0.717) is 12.8 Å². The van der Waals surface area contributed by atoms with Crippen molar-refractivity contribution in [2.75, 3.05) is 6.61 Å². The molecule has 0 aromatic carbocycles. The standard InChI is InChI=1S/C34H67NO5/c1-3-5-7-9-11-13-15-16-17-18-20-21-23-25-27-31(37)33(39)30(29-36)35-34(40)32(38)28-26-24-22-19-14-12-10-8-6-4-2/h20-21,30-33,36-39H,3-19,22-29H2,1-2H3,(H,35,40)/b21-20+. The highest BCUT2D eigenvalue weighted by molar-refractivity contribution is 5.80. The Bertz CT molecular complexity index is 571. The number of aliphatic hydroxyl groups is 4. The molecule has 4 unspecified atom stereocenters. The van der Waals surface area contributed by atoms with Crippen LogP contribution in [-0.2, 0) is 4.79 Å². The molecule has 4 atom stereocenters. The third kappa shape index (κ3) is 23.7. The Hall–Kier alpha value is -0.950. The Morgan fingerprint density at radius 1 is 0.600 bits per heavy atom. The lowest BCUT2D eigenvalue weighted by atomic mass is 10.00. The SMILES string of the molecule is CCCCCCCCCCC/C=C/CCCC(O)C(O)C(CO)NC(=O)C(O)CCCCCCCCCCCC. The molecule has 6 nitrogen and oxygen atoms in total. The van der Waals surface area contributed by atoms with Crippen LogP contribution >= 0.6 is 0 Å². The van der Waals surface area contributed by atoms with Gasteiger partial charge in [-0.2, -0.15) is 0 Å². The molecule has 6 heteroatoms. The third-order valence-corrected chi connectivity index (χ3v) is 7.98. The summed E-state index contributed by atoms with van der Waals surface area (Å²) >= 11 is 0. The fourth-order valence-corrected chi connectivity index (χ4v) is 5.17. The van der Waals surface area contributed by atoms with Crippen molar-refractivity contribution in [2.24, 2.45) is 0 Å². The number of unbranched alkanes of at least 4 members (excludes halogenated alkanes) is 19. The average Bonchev–Trinajstić information content (AvgIpc) is 2.96. The van der Waals surface area contributed by atoms with Gasteiger partial charge in [-0.25, -0.2) is 0 Å². The Kier molecular flexibility index (Phi) is 28.8. The number of carbonyl (C=O) groups is 1. The molecule has 0 fully saturated rings. The van der Waals surface area contributed by atoms with E-state index in [2.05, 4.69) is 31.3 Å². The number of allylic oxidation sites excluding steroid dienone is 2. The Morgan fingerprint density at radius 2 is 1.02 bits per heavy atom. The predicted octanol–water partition coefficient (Wildman–Crippen LogP) is 7.50. The molecule has 0 bridgehead atoms. The zero-order valence-electron chi connectivity index (χ0n) is 26.3. The van der Waals surface area contributed by atoms with Crippen molar-refractivity contribution in [1.29, 1.82) is 0 Å². The van der Waals surface area contributed by atoms with Crippen molar-refractivity contribution < 1.29 is 25.2 Å². The fourth-order valence-electron chi connectivity index (χ4n) is 5.17. The van der Waals surface area contributed by atoms with Gasteiger partial charge in [-0.3, -0.25) is 4.79 Å². The maximum Gasteiger partial charge on any atom is 0.249 e. The number of aliphatic hydroxyl groups excluding tert-OH is 4. The molecule has 0 spiro atoms. The van der Waals surface area contributed by atoms with Gasteiger partial charge < -0.3 is 25.7 Å². The smallest absolute Gasteiger partial charge is 0.249 e. The lowest BCUT2D eigenvalue weighted by Crippen LogP contribution is -2.53. The summed E-state index contributed by atoms with van der Waals surface area (Å²) < 4.78 is 0. The number of nitrogens with one attached hydrogen (secondary N) is 1. The highest BCUT2D eigenvalue weighted by atomic mass is 16.3. The van der Waals surface area contributed by atoms with Crippen LogP contribution < -0.4 is 5.32 Å². The van der Waals surface area contributed by atoms with Crippen molar-refractivity contribution in [3.63, 3.8) is 0 Å². The molecular formula is C34H67NO5. The van der Waals surface area contributed by atoms with Gasteiger partial charge in [-0.05, 0) is 38.5 Å². The Labute approximate surface area is 247 Å². The molecule has 0 aliphatic rings. The summed E-state index contributed by atoms with van der Waals surface area (Å²) in [6.45, 7) is 3.98. The molecule has 0 radical (unpaired) electrons. The first kappa shape index (κ1) is 39.0. The van der Waals surface area contributed by atoms with Gasteiger partial charge in [0.25, 0.3) is 0 Å². The highest BCUT2D eigenvalue weighted by Crippen LogP contribution is 2.14. The summed E-state index contributed by atoms with van der Waals surface area (Å²) in [7, 11) is 0. The van der Waals surface area contributed by atoms with E-state index in [4.69, 9.17) is 0 Å². The highest BCUT2D eigenvalue weighted by Gasteiger charge is 2.28. The molecule has 0 saturated heterocycles. The van der Waals surface area contributed by atoms with Gasteiger partial charge in [-0.15, -0.1) is 0 Å². The molecular weight excluding hydrogens is 502 g/mol. The molecule has 0 heterocycles. The lowest BCUT2D eigenvalue weighted by Gasteiger charge is -2.27. The quantitative estimate of drug-likeness (QED) is 0.0454. The second kappa shape index (κ2) is 29.5. The third-order valence-electron chi connectivity index (χ3n) is 7.98. The van der Waals surface area contributed by atoms with Crippen molar-refractivity contribution in [1.82, 2.24) is 5.32 Å². The molecule has 1 amide bonds. The van der Waals surface area contributed by atoms with Crippen LogP contribution in [0.4, 0.5) is 0 Å². The zero-order chi connectivity index (χ0) is 29.7. The van der Waals surface area contributed by atoms with Crippen LogP contribution in [0.5, 0.6) is 0 Å². The first-order valence-corrected chi connectivity index (χ1v) is 17.1. The van der Waals surface area contributed by atoms with Crippen LogP contribution in [0.1, 0.15) is 168 Å². The van der Waals surface area contributed by atoms with Gasteiger partial charge >= 0.3 is 0 Å². The van der Waals surface area contributed by atoms with Crippen molar-refractivity contribution >= 4 is 5.91 Å². The van der Waals surface area contributed by atoms with E-state index in [1.807, 2.05) is 0 Å². The van der Waals surface area contributed by atoms with Crippen molar-refractivity contribution in [3.8, 4) is 0 Å². The summed E-state index contributed by atoms with van der Waals surface area (Å²) in [4.78, 5) is 12.4. The number of carbonyl (C=O) groups excluding carboxylic acids is 1. The summed E-state index contributed by atoms with van der Waals surface area (Å²) in [5.41, 5.74) is 0. The molecule has 0 saturated carbocycles. The molecule has 0 aromatic rings. The van der Waals surface area contributed by atoms with E-state index >= 15 is 0 Å². The molecule has 0 aromatic heterocycles. The van der Waals surface area contributed by atoms with Crippen molar-refractivity contribution in [3.05, 3.63) is 12.2 Å². The largest absolute Gasteiger partial charge is 0.394 e. The number of amides is 1. The first-order chi connectivity index (χ1) is 19.5. The molecule has 0 rings (SSSR count). The van der Waals surface area contributed by atoms with E-state index in [1.54, 1.807) is 0 Å². The van der Waals surface area contributed by atoms with Gasteiger partial charge in [0.1, 0.15) is 12.2 Å². The van der Waals surface area contributed by atoms with Gasteiger partial charge in [0.2, 0.25) is 5.91 Å². The van der Waals surface area contributed by atoms with Crippen molar-refractivity contribution in [2.45, 2.75) is 192 Å². The Morgan fingerprint density at radius 3 is 1.50 bits per heavy atom. The Balaban J connectivity index is 3.90. The average molecular weight is 570 g/mol. The summed E-state index contributed by atoms with van der Waals surface area (Å²) in [6, 6.07) is -0.993. The number of hydrogen-bond acceptors (Lipinski definition) is 5. The molecule has 0 aliphatic carbocycles. The number of rotatable bonds is 30. The molecule has 0 aliphatic heterocycles. The van der Waals surface area contributed by atoms with Crippen LogP contribution in [0, 0.1) is 0 Å². The number of hydrogen-bond donors (Lipinski definition) is 5. The van der Waals surface area contributed by atoms with E-state index in [1.165, 1.54) is 103 Å². The molecule has 238 valence electrons. The predicted molar refractivity (Wildman–Crippen MR) is 168 cm³/mol. The van der Waals surface area contributed by atoms with Crippen LogP contribution in [-0.4, -0.2) is 57.3 Å². The van der Waals surface area contributed by atoms with Gasteiger partial charge in [0, 0.05) is 0 Å². The maximum absolute atomic E-state index is 12.4. The van der Waals surface area contributed by atoms with E-state index in [0.717, 1.165) is 38.5 Å². The second-order valence-corrected chi connectivity index (χ2v) is 11.9. The van der Waals surface area contributed by atoms with Crippen LogP contribution in [0.15, 0.2) is 12.2 Å². The summed E-state index contributed by atoms with van der Waals surface area (Å²) in [5, 5.41) is 43.2. The second-order valence-electron chi connectivity index (χ2n) is 11.9. The monoisotopic (exact) mass is 570 g/mol. The molecule has 40 heavy (non-hydrogen) atoms.